The van der Waals surface area contributed by atoms with Crippen molar-refractivity contribution in [1.29, 1.82) is 0 Å². The molecule has 4 unspecified atom stereocenters. The van der Waals surface area contributed by atoms with Gasteiger partial charge in [0.25, 0.3) is 5.91 Å². The van der Waals surface area contributed by atoms with Crippen molar-refractivity contribution in [3.05, 3.63) is 40.2 Å². The van der Waals surface area contributed by atoms with Crippen LogP contribution in [0.1, 0.15) is 44.7 Å². The molecular formula is C27H34N4O8. The lowest BCUT2D eigenvalue weighted by Crippen LogP contribution is -2.61. The summed E-state index contributed by atoms with van der Waals surface area (Å²) in [7, 11) is 3.13. The number of nitrogens with zero attached hydrogens (tertiary/aromatic N) is 1. The van der Waals surface area contributed by atoms with Crippen molar-refractivity contribution in [2.45, 2.75) is 51.3 Å². The van der Waals surface area contributed by atoms with Gasteiger partial charge in [0.05, 0.1) is 29.3 Å². The summed E-state index contributed by atoms with van der Waals surface area (Å²) in [5, 5.41) is 50.1. The third kappa shape index (κ3) is 4.33. The third-order valence-electron chi connectivity index (χ3n) is 7.73. The second-order valence-corrected chi connectivity index (χ2v) is 11.6. The van der Waals surface area contributed by atoms with Gasteiger partial charge in [0, 0.05) is 22.9 Å². The van der Waals surface area contributed by atoms with Gasteiger partial charge in [0.15, 0.2) is 11.6 Å². The smallest absolute Gasteiger partial charge is 0.319 e. The number of phenols is 1. The highest BCUT2D eigenvalue weighted by atomic mass is 16.3. The van der Waals surface area contributed by atoms with Crippen LogP contribution in [0, 0.1) is 17.8 Å². The van der Waals surface area contributed by atoms with Crippen molar-refractivity contribution in [2.75, 3.05) is 19.4 Å². The molecule has 6 atom stereocenters. The molecule has 12 nitrogen and oxygen atoms in total. The molecule has 0 radical (unpaired) electrons. The van der Waals surface area contributed by atoms with Crippen LogP contribution in [0.15, 0.2) is 29.0 Å². The molecule has 0 spiro atoms. The van der Waals surface area contributed by atoms with E-state index in [1.165, 1.54) is 11.0 Å². The van der Waals surface area contributed by atoms with Crippen molar-refractivity contribution >= 4 is 35.0 Å². The van der Waals surface area contributed by atoms with Gasteiger partial charge in [0.1, 0.15) is 22.8 Å². The Morgan fingerprint density at radius 3 is 2.21 bits per heavy atom. The quantitative estimate of drug-likeness (QED) is 0.167. The highest BCUT2D eigenvalue weighted by Gasteiger charge is 2.60. The van der Waals surface area contributed by atoms with E-state index in [1.807, 2.05) is 0 Å². The first-order chi connectivity index (χ1) is 18.0. The number of Topliss-reactive ketones (excluding diaryl/α,β-unsaturated/α-hetero) is 2. The SMILES string of the molecule is C[C@H]1c2ccc(NC(=O)NC(C)(C)C)c(O)c2C(O)=C2C(=O)C3C(=O)C(C(N)=O)=C(O)[C@@H](N(C)C)C3C(O)C21. The minimum Gasteiger partial charge on any atom is -0.510 e. The summed E-state index contributed by atoms with van der Waals surface area (Å²) in [5.74, 6) is -9.20. The number of nitrogens with two attached hydrogens (primary N) is 1. The average Bonchev–Trinajstić information content (AvgIpc) is 2.78. The Balaban J connectivity index is 1.87. The fraction of sp³-hybridized carbons (Fsp3) is 0.481. The lowest BCUT2D eigenvalue weighted by molar-refractivity contribution is -0.143. The van der Waals surface area contributed by atoms with Gasteiger partial charge in [-0.15, -0.1) is 0 Å². The first-order valence-electron chi connectivity index (χ1n) is 12.5. The van der Waals surface area contributed by atoms with Gasteiger partial charge in [-0.05, 0) is 52.4 Å². The summed E-state index contributed by atoms with van der Waals surface area (Å²) in [6.07, 6.45) is -1.40. The van der Waals surface area contributed by atoms with E-state index in [1.54, 1.807) is 47.9 Å². The number of phenolic OH excluding ortho intramolecular Hbond substituents is 1. The Labute approximate surface area is 225 Å². The highest BCUT2D eigenvalue weighted by molar-refractivity contribution is 6.28. The lowest BCUT2D eigenvalue weighted by Gasteiger charge is -2.50. The number of benzene rings is 1. The Hall–Kier alpha value is -3.90. The Bertz CT molecular complexity index is 1360. The van der Waals surface area contributed by atoms with E-state index in [9.17, 15) is 39.6 Å². The summed E-state index contributed by atoms with van der Waals surface area (Å²) in [4.78, 5) is 53.2. The number of rotatable bonds is 3. The lowest BCUT2D eigenvalue weighted by atomic mass is 9.56. The van der Waals surface area contributed by atoms with Gasteiger partial charge >= 0.3 is 6.03 Å². The van der Waals surface area contributed by atoms with E-state index in [0.29, 0.717) is 5.56 Å². The van der Waals surface area contributed by atoms with Crippen LogP contribution in [0.25, 0.3) is 5.76 Å². The molecular weight excluding hydrogens is 508 g/mol. The minimum absolute atomic E-state index is 0.0275. The first kappa shape index (κ1) is 28.1. The normalized spacial score (nSPS) is 28.6. The first-order valence-corrected chi connectivity index (χ1v) is 12.5. The topological polar surface area (TPSA) is 203 Å². The molecule has 3 aliphatic carbocycles. The Morgan fingerprint density at radius 2 is 1.67 bits per heavy atom. The van der Waals surface area contributed by atoms with E-state index in [0.717, 1.165) is 0 Å². The van der Waals surface area contributed by atoms with Crippen LogP contribution in [-0.2, 0) is 14.4 Å². The molecule has 0 heterocycles. The van der Waals surface area contributed by atoms with Crippen molar-refractivity contribution in [2.24, 2.45) is 23.5 Å². The molecule has 12 heteroatoms. The number of nitrogens with one attached hydrogen (secondary N) is 2. The van der Waals surface area contributed by atoms with Crippen LogP contribution < -0.4 is 16.4 Å². The van der Waals surface area contributed by atoms with Crippen molar-refractivity contribution in [3.63, 3.8) is 0 Å². The van der Waals surface area contributed by atoms with E-state index >= 15 is 0 Å². The van der Waals surface area contributed by atoms with Crippen molar-refractivity contribution in [3.8, 4) is 5.75 Å². The molecule has 8 N–H and O–H groups in total. The van der Waals surface area contributed by atoms with Crippen molar-refractivity contribution < 1.29 is 39.6 Å². The molecule has 0 aromatic heterocycles. The number of anilines is 1. The second kappa shape index (κ2) is 9.38. The number of amides is 3. The molecule has 1 aromatic carbocycles. The minimum atomic E-state index is -1.60. The van der Waals surface area contributed by atoms with E-state index in [-0.39, 0.29) is 16.8 Å². The number of aliphatic hydroxyl groups excluding tert-OH is 3. The number of urea groups is 1. The zero-order valence-electron chi connectivity index (χ0n) is 22.6. The van der Waals surface area contributed by atoms with Crippen LogP contribution in [0.5, 0.6) is 5.75 Å². The molecule has 39 heavy (non-hydrogen) atoms. The molecule has 210 valence electrons. The van der Waals surface area contributed by atoms with Gasteiger partial charge in [0.2, 0.25) is 0 Å². The molecule has 0 aliphatic heterocycles. The van der Waals surface area contributed by atoms with E-state index in [4.69, 9.17) is 5.73 Å². The maximum atomic E-state index is 13.9. The van der Waals surface area contributed by atoms with Gasteiger partial charge in [-0.1, -0.05) is 13.0 Å². The zero-order chi connectivity index (χ0) is 29.3. The molecule has 0 saturated heterocycles. The van der Waals surface area contributed by atoms with Crippen LogP contribution >= 0.6 is 0 Å². The number of hydrogen-bond donors (Lipinski definition) is 7. The number of carbonyl (C=O) groups excluding carboxylic acids is 4. The number of likely N-dealkylation sites (N-methyl/N-ethyl adjacent to an activating group) is 1. The molecule has 3 amide bonds. The number of fused-ring (bicyclic) bond motifs is 3. The van der Waals surface area contributed by atoms with Gasteiger partial charge < -0.3 is 36.8 Å². The van der Waals surface area contributed by atoms with Crippen LogP contribution in [-0.4, -0.2) is 80.6 Å². The van der Waals surface area contributed by atoms with E-state index in [2.05, 4.69) is 10.6 Å². The standard InChI is InChI=1S/C27H34N4O8/c1-9-10-7-8-11(29-26(39)30-27(2,3)4)19(32)13(10)21(34)15-12(9)20(33)14-16(22(15)35)23(36)17(25(28)38)24(37)18(14)31(5)6/h7-9,12,14,16,18,20,32-34,37H,1-6H3,(H2,28,38)(H2,29,30,39)/t9-,12?,14?,16?,18-,20?/m0/s1. The summed E-state index contributed by atoms with van der Waals surface area (Å²) < 4.78 is 0. The predicted molar refractivity (Wildman–Crippen MR) is 141 cm³/mol. The van der Waals surface area contributed by atoms with Gasteiger partial charge in [-0.2, -0.15) is 0 Å². The molecule has 0 bridgehead atoms. The van der Waals surface area contributed by atoms with Gasteiger partial charge in [-0.3, -0.25) is 19.3 Å². The third-order valence-corrected chi connectivity index (χ3v) is 7.73. The maximum absolute atomic E-state index is 13.9. The molecule has 1 fully saturated rings. The number of carbonyl (C=O) groups is 4. The average molecular weight is 543 g/mol. The maximum Gasteiger partial charge on any atom is 0.319 e. The Morgan fingerprint density at radius 1 is 1.05 bits per heavy atom. The predicted octanol–water partition coefficient (Wildman–Crippen LogP) is 1.30. The molecule has 1 aromatic rings. The van der Waals surface area contributed by atoms with E-state index < -0.39 is 87.7 Å². The number of hydrogen-bond acceptors (Lipinski definition) is 9. The Kier molecular flexibility index (Phi) is 6.76. The molecule has 3 aliphatic rings. The van der Waals surface area contributed by atoms with Crippen molar-refractivity contribution in [1.82, 2.24) is 10.2 Å². The number of primary amides is 1. The summed E-state index contributed by atoms with van der Waals surface area (Å²) in [6.45, 7) is 7.02. The largest absolute Gasteiger partial charge is 0.510 e. The van der Waals surface area contributed by atoms with Crippen LogP contribution in [0.2, 0.25) is 0 Å². The number of aliphatic hydroxyl groups is 3. The second-order valence-electron chi connectivity index (χ2n) is 11.6. The monoisotopic (exact) mass is 542 g/mol. The molecule has 1 saturated carbocycles. The van der Waals surface area contributed by atoms with Gasteiger partial charge in [-0.25, -0.2) is 4.79 Å². The number of ketones is 2. The zero-order valence-corrected chi connectivity index (χ0v) is 22.6. The van der Waals surface area contributed by atoms with Crippen LogP contribution in [0.4, 0.5) is 10.5 Å². The highest BCUT2D eigenvalue weighted by Crippen LogP contribution is 2.55. The fourth-order valence-electron chi connectivity index (χ4n) is 6.20. The fourth-order valence-corrected chi connectivity index (χ4v) is 6.20. The summed E-state index contributed by atoms with van der Waals surface area (Å²) in [6, 6.07) is 1.34. The van der Waals surface area contributed by atoms with Crippen LogP contribution in [0.3, 0.4) is 0 Å². The summed E-state index contributed by atoms with van der Waals surface area (Å²) >= 11 is 0. The number of aromatic hydroxyl groups is 1. The molecule has 4 rings (SSSR count). The summed E-state index contributed by atoms with van der Waals surface area (Å²) in [5.41, 5.74) is 4.08.